The number of benzene rings is 1. The van der Waals surface area contributed by atoms with Gasteiger partial charge in [-0.3, -0.25) is 9.11 Å². The minimum absolute atomic E-state index is 0.00738. The van der Waals surface area contributed by atoms with Gasteiger partial charge in [-0.1, -0.05) is 18.5 Å². The van der Waals surface area contributed by atoms with E-state index in [4.69, 9.17) is 22.1 Å². The van der Waals surface area contributed by atoms with Gasteiger partial charge < -0.3 is 10.5 Å². The molecule has 6 heteroatoms. The van der Waals surface area contributed by atoms with E-state index in [1.54, 1.807) is 18.2 Å². The number of anilines is 1. The smallest absolute Gasteiger partial charge is 0.0821 e. The normalized spacial score (nSPS) is 22.3. The number of halogens is 1. The van der Waals surface area contributed by atoms with Crippen molar-refractivity contribution in [2.45, 2.75) is 17.9 Å². The quantitative estimate of drug-likeness (QED) is 0.861. The largest absolute Gasteiger partial charge is 0.399 e. The summed E-state index contributed by atoms with van der Waals surface area (Å²) in [5.74, 6) is 0.458. The Hall–Kier alpha value is -0.620. The van der Waals surface area contributed by atoms with Crippen LogP contribution in [-0.4, -0.2) is 47.2 Å². The lowest BCUT2D eigenvalue weighted by atomic mass is 10.3. The highest BCUT2D eigenvalue weighted by atomic mass is 35.5. The Kier molecular flexibility index (Phi) is 5.21. The molecule has 1 aliphatic rings. The van der Waals surface area contributed by atoms with Crippen molar-refractivity contribution < 1.29 is 8.95 Å². The summed E-state index contributed by atoms with van der Waals surface area (Å²) in [4.78, 5) is 2.89. The van der Waals surface area contributed by atoms with E-state index in [-0.39, 0.29) is 6.10 Å². The van der Waals surface area contributed by atoms with Crippen LogP contribution < -0.4 is 5.73 Å². The molecular weight excluding hydrogens is 284 g/mol. The third-order valence-electron chi connectivity index (χ3n) is 3.21. The highest BCUT2D eigenvalue weighted by Crippen LogP contribution is 2.23. The molecule has 0 aliphatic carbocycles. The summed E-state index contributed by atoms with van der Waals surface area (Å²) in [6, 6.07) is 5.07. The first kappa shape index (κ1) is 14.8. The van der Waals surface area contributed by atoms with E-state index >= 15 is 0 Å². The maximum Gasteiger partial charge on any atom is 0.0821 e. The predicted molar refractivity (Wildman–Crippen MR) is 79.0 cm³/mol. The van der Waals surface area contributed by atoms with Gasteiger partial charge in [-0.05, 0) is 24.7 Å². The van der Waals surface area contributed by atoms with Gasteiger partial charge in [0.05, 0.1) is 39.2 Å². The van der Waals surface area contributed by atoms with Crippen molar-refractivity contribution in [1.82, 2.24) is 4.90 Å². The lowest BCUT2D eigenvalue weighted by Gasteiger charge is -2.31. The molecule has 1 aliphatic heterocycles. The SMILES string of the molecule is CCN1CCOC(CS(=O)c2cc(N)ccc2Cl)C1. The maximum atomic E-state index is 12.4. The van der Waals surface area contributed by atoms with Gasteiger partial charge in [0.15, 0.2) is 0 Å². The van der Waals surface area contributed by atoms with Crippen LogP contribution in [0.15, 0.2) is 23.1 Å². The standard InChI is InChI=1S/C13H19ClN2O2S/c1-2-16-5-6-18-11(8-16)9-19(17)13-7-10(15)3-4-12(13)14/h3-4,7,11H,2,5-6,8-9,15H2,1H3. The zero-order chi connectivity index (χ0) is 13.8. The summed E-state index contributed by atoms with van der Waals surface area (Å²) in [5, 5.41) is 0.496. The molecule has 1 heterocycles. The maximum absolute atomic E-state index is 12.4. The fourth-order valence-electron chi connectivity index (χ4n) is 2.12. The number of nitrogens with zero attached hydrogens (tertiary/aromatic N) is 1. The van der Waals surface area contributed by atoms with Gasteiger partial charge >= 0.3 is 0 Å². The van der Waals surface area contributed by atoms with Crippen LogP contribution in [0.4, 0.5) is 5.69 Å². The van der Waals surface area contributed by atoms with E-state index in [2.05, 4.69) is 11.8 Å². The van der Waals surface area contributed by atoms with Gasteiger partial charge in [-0.2, -0.15) is 0 Å². The minimum atomic E-state index is -1.18. The average Bonchev–Trinajstić information content (AvgIpc) is 2.41. The van der Waals surface area contributed by atoms with Crippen molar-refractivity contribution in [2.75, 3.05) is 37.7 Å². The van der Waals surface area contributed by atoms with E-state index in [9.17, 15) is 4.21 Å². The Morgan fingerprint density at radius 3 is 3.11 bits per heavy atom. The molecule has 1 aromatic rings. The molecule has 2 rings (SSSR count). The molecule has 106 valence electrons. The Bertz CT molecular complexity index is 470. The molecule has 1 saturated heterocycles. The highest BCUT2D eigenvalue weighted by molar-refractivity contribution is 7.85. The molecule has 2 N–H and O–H groups in total. The molecule has 0 bridgehead atoms. The van der Waals surface area contributed by atoms with Gasteiger partial charge in [0.2, 0.25) is 0 Å². The van der Waals surface area contributed by atoms with Gasteiger partial charge in [0, 0.05) is 18.8 Å². The molecule has 0 radical (unpaired) electrons. The summed E-state index contributed by atoms with van der Waals surface area (Å²) in [6.07, 6.45) is -0.00738. The van der Waals surface area contributed by atoms with Crippen LogP contribution in [0, 0.1) is 0 Å². The molecule has 0 saturated carbocycles. The number of likely N-dealkylation sites (N-methyl/N-ethyl adjacent to an activating group) is 1. The third-order valence-corrected chi connectivity index (χ3v) is 5.15. The van der Waals surface area contributed by atoms with E-state index in [1.807, 2.05) is 0 Å². The Morgan fingerprint density at radius 2 is 2.37 bits per heavy atom. The van der Waals surface area contributed by atoms with Crippen molar-refractivity contribution in [3.05, 3.63) is 23.2 Å². The summed E-state index contributed by atoms with van der Waals surface area (Å²) < 4.78 is 18.0. The first-order chi connectivity index (χ1) is 9.10. The second-order valence-corrected chi connectivity index (χ2v) is 6.46. The molecule has 1 fully saturated rings. The number of rotatable bonds is 4. The number of ether oxygens (including phenoxy) is 1. The molecule has 19 heavy (non-hydrogen) atoms. The highest BCUT2D eigenvalue weighted by Gasteiger charge is 2.22. The molecule has 0 aromatic heterocycles. The van der Waals surface area contributed by atoms with Gasteiger partial charge in [0.1, 0.15) is 0 Å². The lowest BCUT2D eigenvalue weighted by molar-refractivity contribution is -0.0141. The van der Waals surface area contributed by atoms with Crippen molar-refractivity contribution in [3.8, 4) is 0 Å². The van der Waals surface area contributed by atoms with Crippen LogP contribution in [0.3, 0.4) is 0 Å². The van der Waals surface area contributed by atoms with Crippen LogP contribution in [-0.2, 0) is 15.5 Å². The fraction of sp³-hybridized carbons (Fsp3) is 0.538. The zero-order valence-electron chi connectivity index (χ0n) is 11.0. The fourth-order valence-corrected chi connectivity index (χ4v) is 3.77. The number of nitrogens with two attached hydrogens (primary N) is 1. The Morgan fingerprint density at radius 1 is 1.58 bits per heavy atom. The van der Waals surface area contributed by atoms with Crippen LogP contribution >= 0.6 is 11.6 Å². The molecule has 1 aromatic carbocycles. The molecule has 0 amide bonds. The minimum Gasteiger partial charge on any atom is -0.399 e. The second kappa shape index (κ2) is 6.70. The van der Waals surface area contributed by atoms with E-state index in [0.29, 0.717) is 28.0 Å². The number of morpholine rings is 1. The summed E-state index contributed by atoms with van der Waals surface area (Å²) in [6.45, 7) is 5.57. The van der Waals surface area contributed by atoms with Crippen molar-refractivity contribution in [1.29, 1.82) is 0 Å². The average molecular weight is 303 g/mol. The van der Waals surface area contributed by atoms with Crippen molar-refractivity contribution in [3.63, 3.8) is 0 Å². The van der Waals surface area contributed by atoms with Crippen molar-refractivity contribution in [2.24, 2.45) is 0 Å². The zero-order valence-corrected chi connectivity index (χ0v) is 12.5. The predicted octanol–water partition coefficient (Wildman–Crippen LogP) is 1.75. The second-order valence-electron chi connectivity index (χ2n) is 4.59. The van der Waals surface area contributed by atoms with Gasteiger partial charge in [-0.15, -0.1) is 0 Å². The Balaban J connectivity index is 2.02. The van der Waals surface area contributed by atoms with E-state index in [0.717, 1.165) is 19.6 Å². The first-order valence-electron chi connectivity index (χ1n) is 6.37. The monoisotopic (exact) mass is 302 g/mol. The van der Waals surface area contributed by atoms with E-state index in [1.165, 1.54) is 0 Å². The van der Waals surface area contributed by atoms with Gasteiger partial charge in [-0.25, -0.2) is 0 Å². The Labute approximate surface area is 121 Å². The molecule has 2 atom stereocenters. The van der Waals surface area contributed by atoms with E-state index < -0.39 is 10.8 Å². The topological polar surface area (TPSA) is 55.6 Å². The van der Waals surface area contributed by atoms with Crippen LogP contribution in [0.25, 0.3) is 0 Å². The number of hydrogen-bond acceptors (Lipinski definition) is 4. The van der Waals surface area contributed by atoms with Gasteiger partial charge in [0.25, 0.3) is 0 Å². The summed E-state index contributed by atoms with van der Waals surface area (Å²) in [5.41, 5.74) is 6.29. The third kappa shape index (κ3) is 3.92. The molecule has 2 unspecified atom stereocenters. The molecule has 0 spiro atoms. The number of hydrogen-bond donors (Lipinski definition) is 1. The first-order valence-corrected chi connectivity index (χ1v) is 8.07. The molecule has 4 nitrogen and oxygen atoms in total. The molecular formula is C13H19ClN2O2S. The van der Waals surface area contributed by atoms with Crippen LogP contribution in [0.2, 0.25) is 5.02 Å². The number of nitrogen functional groups attached to an aromatic ring is 1. The van der Waals surface area contributed by atoms with Crippen molar-refractivity contribution >= 4 is 28.1 Å². The van der Waals surface area contributed by atoms with Crippen LogP contribution in [0.1, 0.15) is 6.92 Å². The lowest BCUT2D eigenvalue weighted by Crippen LogP contribution is -2.44. The summed E-state index contributed by atoms with van der Waals surface area (Å²) >= 11 is 6.06. The van der Waals surface area contributed by atoms with Crippen LogP contribution in [0.5, 0.6) is 0 Å². The summed E-state index contributed by atoms with van der Waals surface area (Å²) in [7, 11) is -1.18.